The van der Waals surface area contributed by atoms with E-state index in [1.807, 2.05) is 36.1 Å². The van der Waals surface area contributed by atoms with Crippen LogP contribution < -0.4 is 11.5 Å². The van der Waals surface area contributed by atoms with Crippen molar-refractivity contribution in [3.05, 3.63) is 59.4 Å². The molecule has 0 bridgehead atoms. The Kier molecular flexibility index (Phi) is 4.90. The van der Waals surface area contributed by atoms with Crippen molar-refractivity contribution in [1.29, 1.82) is 0 Å². The quantitative estimate of drug-likeness (QED) is 0.786. The molecule has 2 aromatic rings. The van der Waals surface area contributed by atoms with Gasteiger partial charge in [0.05, 0.1) is 6.54 Å². The highest BCUT2D eigenvalue weighted by Crippen LogP contribution is 2.15. The fraction of sp³-hybridized carbons (Fsp3) is 0.250. The number of benzene rings is 1. The number of nitrogens with zero attached hydrogens (tertiary/aromatic N) is 2. The lowest BCUT2D eigenvalue weighted by Gasteiger charge is -2.21. The molecule has 0 saturated heterocycles. The van der Waals surface area contributed by atoms with E-state index in [0.29, 0.717) is 18.8 Å². The highest BCUT2D eigenvalue weighted by atomic mass is 16.1. The van der Waals surface area contributed by atoms with E-state index in [2.05, 4.69) is 11.1 Å². The number of carbonyl (C=O) groups is 1. The number of pyridine rings is 1. The fourth-order valence-electron chi connectivity index (χ4n) is 2.27. The SMILES string of the molecule is Cc1cncc(CN(CC(N)=O)Cc2ccccc2N)c1. The van der Waals surface area contributed by atoms with Gasteiger partial charge >= 0.3 is 0 Å². The minimum Gasteiger partial charge on any atom is -0.398 e. The van der Waals surface area contributed by atoms with Gasteiger partial charge in [0.2, 0.25) is 5.91 Å². The van der Waals surface area contributed by atoms with E-state index in [9.17, 15) is 4.79 Å². The monoisotopic (exact) mass is 284 g/mol. The number of aryl methyl sites for hydroxylation is 1. The van der Waals surface area contributed by atoms with E-state index >= 15 is 0 Å². The minimum absolute atomic E-state index is 0.183. The summed E-state index contributed by atoms with van der Waals surface area (Å²) in [6.07, 6.45) is 3.60. The summed E-state index contributed by atoms with van der Waals surface area (Å²) in [6, 6.07) is 9.68. The first-order valence-corrected chi connectivity index (χ1v) is 6.79. The van der Waals surface area contributed by atoms with Crippen LogP contribution in [0, 0.1) is 6.92 Å². The van der Waals surface area contributed by atoms with Crippen LogP contribution in [-0.2, 0) is 17.9 Å². The second kappa shape index (κ2) is 6.85. The van der Waals surface area contributed by atoms with E-state index in [0.717, 1.165) is 16.7 Å². The maximum absolute atomic E-state index is 11.3. The third-order valence-corrected chi connectivity index (χ3v) is 3.17. The molecule has 0 atom stereocenters. The highest BCUT2D eigenvalue weighted by Gasteiger charge is 2.12. The molecule has 2 rings (SSSR count). The Labute approximate surface area is 124 Å². The molecule has 0 spiro atoms. The van der Waals surface area contributed by atoms with Crippen molar-refractivity contribution in [3.63, 3.8) is 0 Å². The van der Waals surface area contributed by atoms with Gasteiger partial charge in [0, 0.05) is 31.2 Å². The summed E-state index contributed by atoms with van der Waals surface area (Å²) < 4.78 is 0. The number of carbonyl (C=O) groups excluding carboxylic acids is 1. The normalized spacial score (nSPS) is 10.8. The molecule has 0 aliphatic carbocycles. The second-order valence-corrected chi connectivity index (χ2v) is 5.18. The number of rotatable bonds is 6. The van der Waals surface area contributed by atoms with Gasteiger partial charge in [-0.25, -0.2) is 0 Å². The summed E-state index contributed by atoms with van der Waals surface area (Å²) in [5, 5.41) is 0. The molecule has 1 aromatic carbocycles. The molecule has 110 valence electrons. The van der Waals surface area contributed by atoms with Crippen LogP contribution in [0.2, 0.25) is 0 Å². The molecule has 0 fully saturated rings. The summed E-state index contributed by atoms with van der Waals surface area (Å²) in [5.74, 6) is -0.356. The van der Waals surface area contributed by atoms with E-state index in [-0.39, 0.29) is 12.5 Å². The van der Waals surface area contributed by atoms with E-state index in [1.165, 1.54) is 0 Å². The standard InChI is InChI=1S/C16H20N4O/c1-12-6-13(8-19-7-12)9-20(11-16(18)21)10-14-4-2-3-5-15(14)17/h2-8H,9-11,17H2,1H3,(H2,18,21). The van der Waals surface area contributed by atoms with E-state index in [1.54, 1.807) is 12.4 Å². The molecule has 4 N–H and O–H groups in total. The number of primary amides is 1. The van der Waals surface area contributed by atoms with Gasteiger partial charge in [-0.05, 0) is 29.7 Å². The summed E-state index contributed by atoms with van der Waals surface area (Å²) in [6.45, 7) is 3.35. The number of hydrogen-bond acceptors (Lipinski definition) is 4. The largest absolute Gasteiger partial charge is 0.398 e. The lowest BCUT2D eigenvalue weighted by molar-refractivity contribution is -0.119. The number of nitrogen functional groups attached to an aromatic ring is 1. The summed E-state index contributed by atoms with van der Waals surface area (Å²) in [5.41, 5.74) is 15.1. The Balaban J connectivity index is 2.15. The van der Waals surface area contributed by atoms with Crippen LogP contribution in [0.1, 0.15) is 16.7 Å². The van der Waals surface area contributed by atoms with Crippen molar-refractivity contribution in [2.24, 2.45) is 5.73 Å². The van der Waals surface area contributed by atoms with Crippen LogP contribution >= 0.6 is 0 Å². The van der Waals surface area contributed by atoms with Gasteiger partial charge in [0.1, 0.15) is 0 Å². The Morgan fingerprint density at radius 1 is 1.24 bits per heavy atom. The van der Waals surface area contributed by atoms with Crippen LogP contribution in [0.15, 0.2) is 42.7 Å². The molecular weight excluding hydrogens is 264 g/mol. The number of anilines is 1. The molecule has 0 unspecified atom stereocenters. The van der Waals surface area contributed by atoms with Crippen molar-refractivity contribution in [3.8, 4) is 0 Å². The van der Waals surface area contributed by atoms with E-state index < -0.39 is 0 Å². The molecule has 0 saturated carbocycles. The zero-order chi connectivity index (χ0) is 15.2. The van der Waals surface area contributed by atoms with Crippen LogP contribution in [-0.4, -0.2) is 22.3 Å². The van der Waals surface area contributed by atoms with Crippen molar-refractivity contribution >= 4 is 11.6 Å². The highest BCUT2D eigenvalue weighted by molar-refractivity contribution is 5.75. The van der Waals surface area contributed by atoms with Gasteiger partial charge in [-0.1, -0.05) is 24.3 Å². The summed E-state index contributed by atoms with van der Waals surface area (Å²) in [4.78, 5) is 17.4. The first kappa shape index (κ1) is 15.0. The Bertz CT molecular complexity index is 627. The molecular formula is C16H20N4O. The van der Waals surface area contributed by atoms with Crippen LogP contribution in [0.25, 0.3) is 0 Å². The van der Waals surface area contributed by atoms with Crippen LogP contribution in [0.4, 0.5) is 5.69 Å². The third-order valence-electron chi connectivity index (χ3n) is 3.17. The zero-order valence-electron chi connectivity index (χ0n) is 12.1. The van der Waals surface area contributed by atoms with Crippen molar-refractivity contribution in [2.75, 3.05) is 12.3 Å². The topological polar surface area (TPSA) is 85.2 Å². The Morgan fingerprint density at radius 3 is 2.67 bits per heavy atom. The number of nitrogens with two attached hydrogens (primary N) is 2. The van der Waals surface area contributed by atoms with Crippen LogP contribution in [0.3, 0.4) is 0 Å². The van der Waals surface area contributed by atoms with Crippen molar-refractivity contribution < 1.29 is 4.79 Å². The first-order valence-electron chi connectivity index (χ1n) is 6.79. The van der Waals surface area contributed by atoms with Gasteiger partial charge in [-0.15, -0.1) is 0 Å². The molecule has 1 heterocycles. The fourth-order valence-corrected chi connectivity index (χ4v) is 2.27. The Morgan fingerprint density at radius 2 is 2.00 bits per heavy atom. The van der Waals surface area contributed by atoms with Gasteiger partial charge in [-0.2, -0.15) is 0 Å². The smallest absolute Gasteiger partial charge is 0.231 e. The van der Waals surface area contributed by atoms with Gasteiger partial charge in [0.25, 0.3) is 0 Å². The molecule has 5 heteroatoms. The van der Waals surface area contributed by atoms with Gasteiger partial charge < -0.3 is 11.5 Å². The molecule has 0 radical (unpaired) electrons. The van der Waals surface area contributed by atoms with Gasteiger partial charge in [-0.3, -0.25) is 14.7 Å². The molecule has 21 heavy (non-hydrogen) atoms. The van der Waals surface area contributed by atoms with Crippen molar-refractivity contribution in [2.45, 2.75) is 20.0 Å². The minimum atomic E-state index is -0.356. The zero-order valence-corrected chi connectivity index (χ0v) is 12.1. The van der Waals surface area contributed by atoms with E-state index in [4.69, 9.17) is 11.5 Å². The number of hydrogen-bond donors (Lipinski definition) is 2. The van der Waals surface area contributed by atoms with Gasteiger partial charge in [0.15, 0.2) is 0 Å². The lowest BCUT2D eigenvalue weighted by Crippen LogP contribution is -2.33. The van der Waals surface area contributed by atoms with Crippen molar-refractivity contribution in [1.82, 2.24) is 9.88 Å². The molecule has 0 aliphatic rings. The Hall–Kier alpha value is -2.40. The molecule has 0 aliphatic heterocycles. The summed E-state index contributed by atoms with van der Waals surface area (Å²) >= 11 is 0. The third kappa shape index (κ3) is 4.57. The predicted molar refractivity (Wildman–Crippen MR) is 83.1 cm³/mol. The summed E-state index contributed by atoms with van der Waals surface area (Å²) in [7, 11) is 0. The molecule has 1 aromatic heterocycles. The predicted octanol–water partition coefficient (Wildman–Crippen LogP) is 1.46. The number of aromatic nitrogens is 1. The maximum atomic E-state index is 11.3. The average Bonchev–Trinajstić information content (AvgIpc) is 2.40. The maximum Gasteiger partial charge on any atom is 0.231 e. The molecule has 1 amide bonds. The average molecular weight is 284 g/mol. The first-order chi connectivity index (χ1) is 10.0. The number of amides is 1. The lowest BCUT2D eigenvalue weighted by atomic mass is 10.1. The molecule has 5 nitrogen and oxygen atoms in total. The second-order valence-electron chi connectivity index (χ2n) is 5.18. The number of para-hydroxylation sites is 1. The van der Waals surface area contributed by atoms with Crippen LogP contribution in [0.5, 0.6) is 0 Å².